The Morgan fingerprint density at radius 1 is 0.900 bits per heavy atom. The quantitative estimate of drug-likeness (QED) is 0.712. The Kier molecular flexibility index (Phi) is 3.73. The third-order valence-corrected chi connectivity index (χ3v) is 3.00. The minimum absolute atomic E-state index is 0.462. The first-order valence-corrected chi connectivity index (χ1v) is 6.51. The van der Waals surface area contributed by atoms with Crippen molar-refractivity contribution in [3.8, 4) is 5.75 Å². The minimum Gasteiger partial charge on any atom is -0.487 e. The van der Waals surface area contributed by atoms with Crippen molar-refractivity contribution in [1.29, 1.82) is 0 Å². The molecule has 0 aliphatic rings. The highest BCUT2D eigenvalue weighted by Crippen LogP contribution is 2.11. The maximum absolute atomic E-state index is 5.73. The molecule has 1 heterocycles. The second kappa shape index (κ2) is 6.02. The summed E-state index contributed by atoms with van der Waals surface area (Å²) in [4.78, 5) is 0. The van der Waals surface area contributed by atoms with Gasteiger partial charge in [0.25, 0.3) is 0 Å². The van der Waals surface area contributed by atoms with Crippen molar-refractivity contribution in [2.24, 2.45) is 0 Å². The molecule has 0 radical (unpaired) electrons. The van der Waals surface area contributed by atoms with E-state index < -0.39 is 0 Å². The molecule has 0 saturated heterocycles. The molecule has 1 aromatic heterocycles. The summed E-state index contributed by atoms with van der Waals surface area (Å²) >= 11 is 0. The van der Waals surface area contributed by atoms with Gasteiger partial charge in [-0.1, -0.05) is 53.7 Å². The van der Waals surface area contributed by atoms with Crippen molar-refractivity contribution in [3.05, 3.63) is 78.1 Å². The molecule has 0 spiro atoms. The van der Waals surface area contributed by atoms with Gasteiger partial charge in [0.1, 0.15) is 12.4 Å². The Balaban J connectivity index is 1.68. The normalized spacial score (nSPS) is 10.4. The maximum Gasteiger partial charge on any atom is 0.132 e. The number of rotatable bonds is 5. The molecule has 2 aromatic carbocycles. The molecule has 0 unspecified atom stereocenters. The highest BCUT2D eigenvalue weighted by molar-refractivity contribution is 5.21. The van der Waals surface area contributed by atoms with E-state index in [2.05, 4.69) is 22.4 Å². The number of hydrogen-bond donors (Lipinski definition) is 0. The summed E-state index contributed by atoms with van der Waals surface area (Å²) in [7, 11) is 0. The van der Waals surface area contributed by atoms with Crippen molar-refractivity contribution in [3.63, 3.8) is 0 Å². The zero-order valence-electron chi connectivity index (χ0n) is 11.0. The molecule has 0 amide bonds. The lowest BCUT2D eigenvalue weighted by atomic mass is 10.2. The number of hydrogen-bond acceptors (Lipinski definition) is 3. The predicted octanol–water partition coefficient (Wildman–Crippen LogP) is 2.91. The Morgan fingerprint density at radius 2 is 1.60 bits per heavy atom. The van der Waals surface area contributed by atoms with Gasteiger partial charge in [0.05, 0.1) is 18.4 Å². The van der Waals surface area contributed by atoms with Gasteiger partial charge in [-0.15, -0.1) is 5.10 Å². The van der Waals surface area contributed by atoms with Crippen LogP contribution in [0.5, 0.6) is 5.75 Å². The summed E-state index contributed by atoms with van der Waals surface area (Å²) < 4.78 is 7.59. The lowest BCUT2D eigenvalue weighted by Gasteiger charge is -2.08. The van der Waals surface area contributed by atoms with Crippen LogP contribution >= 0.6 is 0 Å². The van der Waals surface area contributed by atoms with Crippen LogP contribution in [-0.2, 0) is 13.2 Å². The second-order valence-electron chi connectivity index (χ2n) is 4.47. The van der Waals surface area contributed by atoms with Crippen molar-refractivity contribution in [2.75, 3.05) is 0 Å². The molecule has 0 fully saturated rings. The zero-order chi connectivity index (χ0) is 13.6. The Labute approximate surface area is 117 Å². The van der Waals surface area contributed by atoms with Gasteiger partial charge in [-0.3, -0.25) is 0 Å². The summed E-state index contributed by atoms with van der Waals surface area (Å²) in [5.74, 6) is 0.847. The first-order chi connectivity index (χ1) is 9.92. The van der Waals surface area contributed by atoms with Crippen molar-refractivity contribution >= 4 is 0 Å². The van der Waals surface area contributed by atoms with Gasteiger partial charge in [0.2, 0.25) is 0 Å². The van der Waals surface area contributed by atoms with Gasteiger partial charge in [0.15, 0.2) is 0 Å². The fourth-order valence-corrected chi connectivity index (χ4v) is 1.95. The summed E-state index contributed by atoms with van der Waals surface area (Å²) in [5.41, 5.74) is 2.15. The Hall–Kier alpha value is -2.62. The van der Waals surface area contributed by atoms with Crippen LogP contribution in [-0.4, -0.2) is 15.0 Å². The van der Waals surface area contributed by atoms with Gasteiger partial charge < -0.3 is 4.74 Å². The molecule has 0 aliphatic heterocycles. The van der Waals surface area contributed by atoms with Gasteiger partial charge >= 0.3 is 0 Å². The topological polar surface area (TPSA) is 39.9 Å². The Bertz CT molecular complexity index is 650. The molecule has 3 rings (SSSR count). The summed E-state index contributed by atoms with van der Waals surface area (Å²) in [5, 5.41) is 8.07. The highest BCUT2D eigenvalue weighted by atomic mass is 16.5. The van der Waals surface area contributed by atoms with E-state index in [0.29, 0.717) is 13.2 Å². The van der Waals surface area contributed by atoms with Crippen LogP contribution in [0.2, 0.25) is 0 Å². The molecule has 0 saturated carbocycles. The average Bonchev–Trinajstić information content (AvgIpc) is 2.94. The molecule has 4 nitrogen and oxygen atoms in total. The third kappa shape index (κ3) is 3.03. The highest BCUT2D eigenvalue weighted by Gasteiger charge is 2.05. The first-order valence-electron chi connectivity index (χ1n) is 6.51. The standard InChI is InChI=1S/C16H15N3O/c1-3-7-14(8-4-1)12-19-15(11-17-18-19)13-20-16-9-5-2-6-10-16/h1-11H,12-13H2. The molecule has 0 N–H and O–H groups in total. The van der Waals surface area contributed by atoms with Crippen LogP contribution in [0.4, 0.5) is 0 Å². The smallest absolute Gasteiger partial charge is 0.132 e. The zero-order valence-corrected chi connectivity index (χ0v) is 11.0. The number of benzene rings is 2. The van der Waals surface area contributed by atoms with E-state index in [0.717, 1.165) is 11.4 Å². The van der Waals surface area contributed by atoms with Gasteiger partial charge in [-0.2, -0.15) is 0 Å². The number of para-hydroxylation sites is 1. The molecule has 20 heavy (non-hydrogen) atoms. The van der Waals surface area contributed by atoms with Crippen molar-refractivity contribution < 1.29 is 4.74 Å². The van der Waals surface area contributed by atoms with Gasteiger partial charge in [-0.25, -0.2) is 4.68 Å². The Morgan fingerprint density at radius 3 is 2.35 bits per heavy atom. The monoisotopic (exact) mass is 265 g/mol. The molecule has 4 heteroatoms. The van der Waals surface area contributed by atoms with E-state index in [-0.39, 0.29) is 0 Å². The molecule has 100 valence electrons. The lowest BCUT2D eigenvalue weighted by molar-refractivity contribution is 0.293. The van der Waals surface area contributed by atoms with E-state index in [4.69, 9.17) is 4.74 Å². The fraction of sp³-hybridized carbons (Fsp3) is 0.125. The van der Waals surface area contributed by atoms with Crippen LogP contribution in [0.25, 0.3) is 0 Å². The molecule has 0 bridgehead atoms. The van der Waals surface area contributed by atoms with Crippen LogP contribution in [0.3, 0.4) is 0 Å². The number of ether oxygens (including phenoxy) is 1. The van der Waals surface area contributed by atoms with Crippen LogP contribution < -0.4 is 4.74 Å². The molecule has 3 aromatic rings. The molecule has 0 aliphatic carbocycles. The summed E-state index contributed by atoms with van der Waals surface area (Å²) in [6, 6.07) is 19.9. The van der Waals surface area contributed by atoms with Crippen LogP contribution in [0.1, 0.15) is 11.3 Å². The van der Waals surface area contributed by atoms with E-state index in [1.165, 1.54) is 5.56 Å². The van der Waals surface area contributed by atoms with Crippen LogP contribution in [0, 0.1) is 0 Å². The molecular formula is C16H15N3O. The fourth-order valence-electron chi connectivity index (χ4n) is 1.95. The average molecular weight is 265 g/mol. The number of nitrogens with zero attached hydrogens (tertiary/aromatic N) is 3. The summed E-state index contributed by atoms with van der Waals surface area (Å²) in [6.45, 7) is 1.16. The van der Waals surface area contributed by atoms with E-state index in [1.807, 2.05) is 53.2 Å². The van der Waals surface area contributed by atoms with Crippen molar-refractivity contribution in [1.82, 2.24) is 15.0 Å². The van der Waals surface area contributed by atoms with Gasteiger partial charge in [0, 0.05) is 0 Å². The first kappa shape index (κ1) is 12.4. The van der Waals surface area contributed by atoms with E-state index in [9.17, 15) is 0 Å². The van der Waals surface area contributed by atoms with E-state index in [1.54, 1.807) is 6.20 Å². The molecule has 0 atom stereocenters. The SMILES string of the molecule is c1ccc(Cn2nncc2COc2ccccc2)cc1. The molecular weight excluding hydrogens is 250 g/mol. The third-order valence-electron chi connectivity index (χ3n) is 3.00. The van der Waals surface area contributed by atoms with Gasteiger partial charge in [-0.05, 0) is 17.7 Å². The largest absolute Gasteiger partial charge is 0.487 e. The van der Waals surface area contributed by atoms with Crippen molar-refractivity contribution in [2.45, 2.75) is 13.2 Å². The lowest BCUT2D eigenvalue weighted by Crippen LogP contribution is -2.08. The van der Waals surface area contributed by atoms with Crippen LogP contribution in [0.15, 0.2) is 66.9 Å². The maximum atomic E-state index is 5.73. The second-order valence-corrected chi connectivity index (χ2v) is 4.47. The summed E-state index contributed by atoms with van der Waals surface area (Å²) in [6.07, 6.45) is 1.74. The van der Waals surface area contributed by atoms with E-state index >= 15 is 0 Å². The number of aromatic nitrogens is 3. The minimum atomic E-state index is 0.462. The predicted molar refractivity (Wildman–Crippen MR) is 76.3 cm³/mol.